The molecule has 0 bridgehead atoms. The van der Waals surface area contributed by atoms with Crippen LogP contribution in [0.2, 0.25) is 5.02 Å². The molecule has 1 N–H and O–H groups in total. The highest BCUT2D eigenvalue weighted by atomic mass is 35.5. The van der Waals surface area contributed by atoms with Crippen molar-refractivity contribution in [3.05, 3.63) is 76.7 Å². The lowest BCUT2D eigenvalue weighted by atomic mass is 10.0. The van der Waals surface area contributed by atoms with Gasteiger partial charge >= 0.3 is 0 Å². The summed E-state index contributed by atoms with van der Waals surface area (Å²) in [5.41, 5.74) is 4.13. The van der Waals surface area contributed by atoms with E-state index in [1.165, 1.54) is 6.33 Å². The monoisotopic (exact) mass is 337 g/mol. The zero-order valence-electron chi connectivity index (χ0n) is 13.4. The fourth-order valence-electron chi connectivity index (χ4n) is 2.46. The molecule has 0 aliphatic carbocycles. The van der Waals surface area contributed by atoms with Crippen LogP contribution in [-0.2, 0) is 0 Å². The van der Waals surface area contributed by atoms with Crippen LogP contribution in [0, 0.1) is 13.8 Å². The van der Waals surface area contributed by atoms with Gasteiger partial charge in [0.2, 0.25) is 0 Å². The van der Waals surface area contributed by atoms with Gasteiger partial charge < -0.3 is 5.32 Å². The number of aryl methyl sites for hydroxylation is 2. The highest BCUT2D eigenvalue weighted by molar-refractivity contribution is 6.31. The maximum Gasteiger partial charge on any atom is 0.257 e. The van der Waals surface area contributed by atoms with Crippen LogP contribution in [0.15, 0.2) is 55.0 Å². The Hall–Kier alpha value is -2.72. The SMILES string of the molecule is Cc1cc(-c2cncnc2NC(=O)c2ccccc2C)ccc1Cl. The number of amides is 1. The summed E-state index contributed by atoms with van der Waals surface area (Å²) in [7, 11) is 0. The summed E-state index contributed by atoms with van der Waals surface area (Å²) in [5, 5.41) is 3.57. The van der Waals surface area contributed by atoms with Crippen molar-refractivity contribution in [2.24, 2.45) is 0 Å². The fraction of sp³-hybridized carbons (Fsp3) is 0.105. The van der Waals surface area contributed by atoms with Gasteiger partial charge in [-0.1, -0.05) is 35.9 Å². The Bertz CT molecular complexity index is 909. The largest absolute Gasteiger partial charge is 0.306 e. The lowest BCUT2D eigenvalue weighted by Crippen LogP contribution is -2.15. The van der Waals surface area contributed by atoms with E-state index in [0.717, 1.165) is 22.3 Å². The van der Waals surface area contributed by atoms with Crippen LogP contribution in [0.5, 0.6) is 0 Å². The minimum absolute atomic E-state index is 0.196. The van der Waals surface area contributed by atoms with Crippen molar-refractivity contribution < 1.29 is 4.79 Å². The van der Waals surface area contributed by atoms with Gasteiger partial charge in [0.1, 0.15) is 12.1 Å². The molecule has 0 spiro atoms. The molecule has 1 amide bonds. The number of halogens is 1. The number of anilines is 1. The van der Waals surface area contributed by atoms with Gasteiger partial charge in [0.25, 0.3) is 5.91 Å². The Balaban J connectivity index is 1.96. The molecule has 24 heavy (non-hydrogen) atoms. The Kier molecular flexibility index (Phi) is 4.58. The van der Waals surface area contributed by atoms with Crippen LogP contribution >= 0.6 is 11.6 Å². The average Bonchev–Trinajstić information content (AvgIpc) is 2.58. The molecule has 0 aliphatic rings. The Labute approximate surface area is 145 Å². The first-order valence-electron chi connectivity index (χ1n) is 7.50. The Morgan fingerprint density at radius 2 is 1.88 bits per heavy atom. The van der Waals surface area contributed by atoms with E-state index in [2.05, 4.69) is 15.3 Å². The summed E-state index contributed by atoms with van der Waals surface area (Å²) in [6, 6.07) is 13.1. The van der Waals surface area contributed by atoms with E-state index in [1.807, 2.05) is 50.2 Å². The average molecular weight is 338 g/mol. The van der Waals surface area contributed by atoms with E-state index in [9.17, 15) is 4.79 Å². The van der Waals surface area contributed by atoms with E-state index >= 15 is 0 Å². The maximum absolute atomic E-state index is 12.5. The van der Waals surface area contributed by atoms with Gasteiger partial charge in [-0.05, 0) is 48.7 Å². The van der Waals surface area contributed by atoms with Gasteiger partial charge in [-0.2, -0.15) is 0 Å². The number of rotatable bonds is 3. The fourth-order valence-corrected chi connectivity index (χ4v) is 2.57. The van der Waals surface area contributed by atoms with Gasteiger partial charge in [0.05, 0.1) is 0 Å². The van der Waals surface area contributed by atoms with E-state index in [4.69, 9.17) is 11.6 Å². The van der Waals surface area contributed by atoms with E-state index in [-0.39, 0.29) is 5.91 Å². The third kappa shape index (κ3) is 3.29. The summed E-state index contributed by atoms with van der Waals surface area (Å²) in [6.07, 6.45) is 3.10. The molecule has 2 aromatic carbocycles. The first-order valence-corrected chi connectivity index (χ1v) is 7.87. The number of hydrogen-bond acceptors (Lipinski definition) is 3. The molecule has 0 saturated heterocycles. The molecule has 0 radical (unpaired) electrons. The zero-order valence-corrected chi connectivity index (χ0v) is 14.1. The van der Waals surface area contributed by atoms with Crippen LogP contribution in [0.1, 0.15) is 21.5 Å². The van der Waals surface area contributed by atoms with Crippen LogP contribution < -0.4 is 5.32 Å². The number of nitrogens with zero attached hydrogens (tertiary/aromatic N) is 2. The normalized spacial score (nSPS) is 10.5. The van der Waals surface area contributed by atoms with Crippen LogP contribution in [0.25, 0.3) is 11.1 Å². The smallest absolute Gasteiger partial charge is 0.257 e. The molecule has 0 unspecified atom stereocenters. The third-order valence-corrected chi connectivity index (χ3v) is 4.23. The van der Waals surface area contributed by atoms with Crippen LogP contribution in [-0.4, -0.2) is 15.9 Å². The minimum atomic E-state index is -0.196. The van der Waals surface area contributed by atoms with Gasteiger partial charge in [-0.15, -0.1) is 0 Å². The molecule has 1 heterocycles. The van der Waals surface area contributed by atoms with E-state index < -0.39 is 0 Å². The predicted octanol–water partition coefficient (Wildman–Crippen LogP) is 4.67. The first kappa shape index (κ1) is 16.1. The summed E-state index contributed by atoms with van der Waals surface area (Å²) < 4.78 is 0. The maximum atomic E-state index is 12.5. The van der Waals surface area contributed by atoms with Crippen molar-refractivity contribution >= 4 is 23.3 Å². The van der Waals surface area contributed by atoms with Crippen LogP contribution in [0.3, 0.4) is 0 Å². The minimum Gasteiger partial charge on any atom is -0.306 e. The van der Waals surface area contributed by atoms with Gasteiger partial charge in [-0.3, -0.25) is 4.79 Å². The second-order valence-corrected chi connectivity index (χ2v) is 5.93. The standard InChI is InChI=1S/C19H16ClN3O/c1-12-5-3-4-6-15(12)19(24)23-18-16(10-21-11-22-18)14-7-8-17(20)13(2)9-14/h3-11H,1-2H3,(H,21,22,23,24). The van der Waals surface area contributed by atoms with Crippen molar-refractivity contribution in [2.45, 2.75) is 13.8 Å². The second kappa shape index (κ2) is 6.81. The van der Waals surface area contributed by atoms with Gasteiger partial charge in [0.15, 0.2) is 0 Å². The molecular weight excluding hydrogens is 322 g/mol. The topological polar surface area (TPSA) is 54.9 Å². The van der Waals surface area contributed by atoms with E-state index in [0.29, 0.717) is 16.4 Å². The van der Waals surface area contributed by atoms with Gasteiger partial charge in [-0.25, -0.2) is 9.97 Å². The summed E-state index contributed by atoms with van der Waals surface area (Å²) in [6.45, 7) is 3.83. The predicted molar refractivity (Wildman–Crippen MR) is 96.3 cm³/mol. The lowest BCUT2D eigenvalue weighted by molar-refractivity contribution is 0.102. The molecule has 3 rings (SSSR count). The summed E-state index contributed by atoms with van der Waals surface area (Å²) in [4.78, 5) is 20.8. The number of nitrogens with one attached hydrogen (secondary N) is 1. The van der Waals surface area contributed by atoms with Crippen molar-refractivity contribution in [1.82, 2.24) is 9.97 Å². The molecule has 0 fully saturated rings. The number of benzene rings is 2. The van der Waals surface area contributed by atoms with Gasteiger partial charge in [0, 0.05) is 22.3 Å². The summed E-state index contributed by atoms with van der Waals surface area (Å²) in [5.74, 6) is 0.277. The zero-order chi connectivity index (χ0) is 17.1. The molecule has 5 heteroatoms. The molecule has 1 aromatic heterocycles. The molecule has 120 valence electrons. The first-order chi connectivity index (χ1) is 11.6. The van der Waals surface area contributed by atoms with Crippen LogP contribution in [0.4, 0.5) is 5.82 Å². The molecule has 0 saturated carbocycles. The van der Waals surface area contributed by atoms with Crippen molar-refractivity contribution in [2.75, 3.05) is 5.32 Å². The molecule has 3 aromatic rings. The highest BCUT2D eigenvalue weighted by Gasteiger charge is 2.13. The van der Waals surface area contributed by atoms with E-state index in [1.54, 1.807) is 12.3 Å². The van der Waals surface area contributed by atoms with Crippen molar-refractivity contribution in [3.63, 3.8) is 0 Å². The molecule has 4 nitrogen and oxygen atoms in total. The number of aromatic nitrogens is 2. The number of carbonyl (C=O) groups excluding carboxylic acids is 1. The quantitative estimate of drug-likeness (QED) is 0.755. The molecule has 0 aliphatic heterocycles. The Morgan fingerprint density at radius 1 is 1.08 bits per heavy atom. The molecular formula is C19H16ClN3O. The Morgan fingerprint density at radius 3 is 2.62 bits per heavy atom. The highest BCUT2D eigenvalue weighted by Crippen LogP contribution is 2.28. The van der Waals surface area contributed by atoms with Crippen molar-refractivity contribution in [1.29, 1.82) is 0 Å². The molecule has 0 atom stereocenters. The second-order valence-electron chi connectivity index (χ2n) is 5.52. The summed E-state index contributed by atoms with van der Waals surface area (Å²) >= 11 is 6.09. The number of carbonyl (C=O) groups is 1. The lowest BCUT2D eigenvalue weighted by Gasteiger charge is -2.11. The van der Waals surface area contributed by atoms with Crippen molar-refractivity contribution in [3.8, 4) is 11.1 Å². The number of hydrogen-bond donors (Lipinski definition) is 1. The third-order valence-electron chi connectivity index (χ3n) is 3.80.